The van der Waals surface area contributed by atoms with Crippen LogP contribution in [0, 0.1) is 0 Å². The van der Waals surface area contributed by atoms with Gasteiger partial charge in [0.05, 0.1) is 29.0 Å². The van der Waals surface area contributed by atoms with Crippen molar-refractivity contribution in [3.8, 4) is 0 Å². The number of rotatable bonds is 3. The number of thiazole rings is 1. The molecule has 0 amide bonds. The number of fused-ring (bicyclic) bond motifs is 1. The van der Waals surface area contributed by atoms with E-state index in [9.17, 15) is 9.59 Å². The Kier molecular flexibility index (Phi) is 5.77. The summed E-state index contributed by atoms with van der Waals surface area (Å²) in [6.45, 7) is 1.75. The van der Waals surface area contributed by atoms with Crippen molar-refractivity contribution >= 4 is 50.9 Å². The summed E-state index contributed by atoms with van der Waals surface area (Å²) in [6.07, 6.45) is 1.83. The van der Waals surface area contributed by atoms with Crippen LogP contribution < -0.4 is 14.9 Å². The van der Waals surface area contributed by atoms with Gasteiger partial charge in [0.25, 0.3) is 5.56 Å². The summed E-state index contributed by atoms with van der Waals surface area (Å²) in [5.74, 6) is -0.515. The molecule has 0 bridgehead atoms. The quantitative estimate of drug-likeness (QED) is 0.511. The van der Waals surface area contributed by atoms with Crippen molar-refractivity contribution in [2.45, 2.75) is 13.0 Å². The van der Waals surface area contributed by atoms with Crippen molar-refractivity contribution in [2.75, 3.05) is 7.11 Å². The Morgan fingerprint density at radius 1 is 1.20 bits per heavy atom. The molecule has 1 aliphatic rings. The van der Waals surface area contributed by atoms with Crippen LogP contribution in [0.1, 0.15) is 24.1 Å². The minimum absolute atomic E-state index is 0.212. The summed E-state index contributed by atoms with van der Waals surface area (Å²) < 4.78 is 8.05. The van der Waals surface area contributed by atoms with E-state index in [1.165, 1.54) is 18.4 Å². The van der Waals surface area contributed by atoms with Crippen LogP contribution in [-0.2, 0) is 9.53 Å². The van der Waals surface area contributed by atoms with E-state index in [0.717, 1.165) is 15.6 Å². The zero-order valence-corrected chi connectivity index (χ0v) is 19.2. The molecule has 1 unspecified atom stereocenters. The van der Waals surface area contributed by atoms with Gasteiger partial charge >= 0.3 is 5.97 Å². The molecule has 1 atom stereocenters. The van der Waals surface area contributed by atoms with Crippen LogP contribution in [0.15, 0.2) is 74.1 Å². The van der Waals surface area contributed by atoms with Crippen LogP contribution in [0.2, 0.25) is 5.02 Å². The fourth-order valence-corrected chi connectivity index (χ4v) is 4.80. The van der Waals surface area contributed by atoms with Gasteiger partial charge in [-0.25, -0.2) is 9.79 Å². The second-order valence-electron chi connectivity index (χ2n) is 6.68. The molecule has 30 heavy (non-hydrogen) atoms. The number of esters is 1. The van der Waals surface area contributed by atoms with Gasteiger partial charge in [0.1, 0.15) is 0 Å². The van der Waals surface area contributed by atoms with Crippen LogP contribution in [-0.4, -0.2) is 17.6 Å². The van der Waals surface area contributed by atoms with E-state index >= 15 is 0 Å². The summed E-state index contributed by atoms with van der Waals surface area (Å²) in [7, 11) is 1.32. The van der Waals surface area contributed by atoms with Gasteiger partial charge in [-0.1, -0.05) is 63.1 Å². The minimum Gasteiger partial charge on any atom is -0.466 e. The van der Waals surface area contributed by atoms with Crippen LogP contribution in [0.25, 0.3) is 6.08 Å². The molecule has 0 radical (unpaired) electrons. The highest BCUT2D eigenvalue weighted by atomic mass is 79.9. The Balaban J connectivity index is 1.96. The van der Waals surface area contributed by atoms with Gasteiger partial charge in [0.2, 0.25) is 0 Å². The first kappa shape index (κ1) is 20.8. The first-order chi connectivity index (χ1) is 14.4. The molecule has 8 heteroatoms. The second kappa shape index (κ2) is 8.34. The highest BCUT2D eigenvalue weighted by Crippen LogP contribution is 2.31. The molecule has 1 aromatic heterocycles. The van der Waals surface area contributed by atoms with E-state index in [1.54, 1.807) is 35.8 Å². The molecule has 1 aliphatic heterocycles. The van der Waals surface area contributed by atoms with Crippen LogP contribution in [0.5, 0.6) is 0 Å². The molecular weight excluding hydrogens is 488 g/mol. The Labute approximate surface area is 189 Å². The summed E-state index contributed by atoms with van der Waals surface area (Å²) >= 11 is 10.8. The summed E-state index contributed by atoms with van der Waals surface area (Å²) in [4.78, 5) is 31.0. The molecule has 0 spiro atoms. The normalized spacial score (nSPS) is 16.3. The highest BCUT2D eigenvalue weighted by Gasteiger charge is 2.32. The van der Waals surface area contributed by atoms with Crippen LogP contribution >= 0.6 is 38.9 Å². The van der Waals surface area contributed by atoms with Gasteiger partial charge in [-0.3, -0.25) is 9.36 Å². The van der Waals surface area contributed by atoms with E-state index in [1.807, 2.05) is 30.3 Å². The third kappa shape index (κ3) is 3.80. The van der Waals surface area contributed by atoms with Crippen molar-refractivity contribution in [1.29, 1.82) is 0 Å². The molecule has 0 aliphatic carbocycles. The number of allylic oxidation sites excluding steroid dienone is 1. The lowest BCUT2D eigenvalue weighted by Gasteiger charge is -2.24. The predicted molar refractivity (Wildman–Crippen MR) is 121 cm³/mol. The number of aromatic nitrogens is 1. The number of ether oxygens (including phenoxy) is 1. The summed E-state index contributed by atoms with van der Waals surface area (Å²) in [6, 6.07) is 14.1. The Morgan fingerprint density at radius 3 is 2.50 bits per heavy atom. The number of benzene rings is 2. The molecule has 3 aromatic rings. The topological polar surface area (TPSA) is 60.7 Å². The van der Waals surface area contributed by atoms with E-state index < -0.39 is 12.0 Å². The van der Waals surface area contributed by atoms with Crippen molar-refractivity contribution in [1.82, 2.24) is 4.57 Å². The second-order valence-corrected chi connectivity index (χ2v) is 9.04. The first-order valence-electron chi connectivity index (χ1n) is 9.01. The van der Waals surface area contributed by atoms with Crippen molar-refractivity contribution in [3.05, 3.63) is 100 Å². The molecule has 2 aromatic carbocycles. The largest absolute Gasteiger partial charge is 0.466 e. The van der Waals surface area contributed by atoms with Crippen molar-refractivity contribution in [2.24, 2.45) is 4.99 Å². The Bertz CT molecular complexity index is 1340. The zero-order valence-electron chi connectivity index (χ0n) is 16.1. The third-order valence-corrected chi connectivity index (χ3v) is 6.54. The van der Waals surface area contributed by atoms with Gasteiger partial charge in [-0.05, 0) is 48.4 Å². The molecule has 2 heterocycles. The average molecular weight is 504 g/mol. The number of hydrogen-bond acceptors (Lipinski definition) is 5. The SMILES string of the molecule is COC(=O)C1=C(C)N=c2s/c(=C\c3ccc(Br)cc3)c(=O)n2C1c1ccc(Cl)cc1. The van der Waals surface area contributed by atoms with Crippen LogP contribution in [0.3, 0.4) is 0 Å². The molecule has 0 saturated heterocycles. The maximum atomic E-state index is 13.4. The van der Waals surface area contributed by atoms with E-state index in [0.29, 0.717) is 25.6 Å². The minimum atomic E-state index is -0.641. The van der Waals surface area contributed by atoms with Gasteiger partial charge in [0.15, 0.2) is 4.80 Å². The number of halogens is 2. The maximum Gasteiger partial charge on any atom is 0.338 e. The third-order valence-electron chi connectivity index (χ3n) is 4.78. The highest BCUT2D eigenvalue weighted by molar-refractivity contribution is 9.10. The lowest BCUT2D eigenvalue weighted by molar-refractivity contribution is -0.136. The van der Waals surface area contributed by atoms with Gasteiger partial charge in [0, 0.05) is 9.50 Å². The lowest BCUT2D eigenvalue weighted by Crippen LogP contribution is -2.39. The molecule has 0 fully saturated rings. The van der Waals surface area contributed by atoms with E-state index in [4.69, 9.17) is 16.3 Å². The van der Waals surface area contributed by atoms with Gasteiger partial charge < -0.3 is 4.74 Å². The maximum absolute atomic E-state index is 13.4. The summed E-state index contributed by atoms with van der Waals surface area (Å²) in [5, 5.41) is 0.571. The number of nitrogens with zero attached hydrogens (tertiary/aromatic N) is 2. The van der Waals surface area contributed by atoms with Crippen molar-refractivity contribution in [3.63, 3.8) is 0 Å². The number of carbonyl (C=O) groups is 1. The zero-order chi connectivity index (χ0) is 21.4. The number of hydrogen-bond donors (Lipinski definition) is 0. The first-order valence-corrected chi connectivity index (χ1v) is 11.0. The number of carbonyl (C=O) groups excluding carboxylic acids is 1. The monoisotopic (exact) mass is 502 g/mol. The fraction of sp³-hybridized carbons (Fsp3) is 0.136. The van der Waals surface area contributed by atoms with E-state index in [2.05, 4.69) is 20.9 Å². The molecule has 0 saturated carbocycles. The predicted octanol–water partition coefficient (Wildman–Crippen LogP) is 3.82. The summed E-state index contributed by atoms with van der Waals surface area (Å²) in [5.41, 5.74) is 2.30. The van der Waals surface area contributed by atoms with E-state index in [-0.39, 0.29) is 5.56 Å². The fourth-order valence-electron chi connectivity index (χ4n) is 3.36. The molecule has 5 nitrogen and oxygen atoms in total. The van der Waals surface area contributed by atoms with Gasteiger partial charge in [-0.2, -0.15) is 0 Å². The number of methoxy groups -OCH3 is 1. The Hall–Kier alpha value is -2.48. The molecule has 4 rings (SSSR count). The standard InChI is InChI=1S/C22H16BrClN2O3S/c1-12-18(21(28)29-2)19(14-5-9-16(24)10-6-14)26-20(27)17(30-22(26)25-12)11-13-3-7-15(23)8-4-13/h3-11,19H,1-2H3/b17-11-. The van der Waals surface area contributed by atoms with Crippen LogP contribution in [0.4, 0.5) is 0 Å². The lowest BCUT2D eigenvalue weighted by atomic mass is 9.96. The van der Waals surface area contributed by atoms with Crippen molar-refractivity contribution < 1.29 is 9.53 Å². The molecule has 152 valence electrons. The smallest absolute Gasteiger partial charge is 0.338 e. The van der Waals surface area contributed by atoms with Gasteiger partial charge in [-0.15, -0.1) is 0 Å². The molecule has 0 N–H and O–H groups in total. The average Bonchev–Trinajstić information content (AvgIpc) is 3.03. The molecular formula is C22H16BrClN2O3S. The Morgan fingerprint density at radius 2 is 1.87 bits per heavy atom.